The van der Waals surface area contributed by atoms with Gasteiger partial charge in [-0.3, -0.25) is 0 Å². The first-order valence-electron chi connectivity index (χ1n) is 5.46. The lowest BCUT2D eigenvalue weighted by Gasteiger charge is -2.02. The summed E-state index contributed by atoms with van der Waals surface area (Å²) in [4.78, 5) is 11.7. The highest BCUT2D eigenvalue weighted by atomic mass is 16.5. The molecule has 0 saturated heterocycles. The molecule has 2 aromatic heterocycles. The van der Waals surface area contributed by atoms with Crippen molar-refractivity contribution < 1.29 is 9.84 Å². The van der Waals surface area contributed by atoms with E-state index in [9.17, 15) is 5.11 Å². The third-order valence-corrected chi connectivity index (χ3v) is 2.69. The van der Waals surface area contributed by atoms with Gasteiger partial charge in [0.15, 0.2) is 0 Å². The molecule has 0 spiro atoms. The van der Waals surface area contributed by atoms with E-state index in [1.807, 2.05) is 12.1 Å². The molecule has 1 aromatic carbocycles. The minimum atomic E-state index is 0.204. The van der Waals surface area contributed by atoms with Crippen molar-refractivity contribution in [2.75, 3.05) is 7.11 Å². The number of aromatic nitrogens is 3. The van der Waals surface area contributed by atoms with E-state index in [1.165, 1.54) is 0 Å². The van der Waals surface area contributed by atoms with Gasteiger partial charge in [-0.1, -0.05) is 0 Å². The number of hydrogen-bond donors (Lipinski definition) is 2. The molecule has 0 aliphatic heterocycles. The van der Waals surface area contributed by atoms with Crippen molar-refractivity contribution >= 4 is 11.0 Å². The summed E-state index contributed by atoms with van der Waals surface area (Å²) in [5.41, 5.74) is 2.35. The molecule has 2 N–H and O–H groups in total. The van der Waals surface area contributed by atoms with Crippen LogP contribution in [0, 0.1) is 0 Å². The summed E-state index contributed by atoms with van der Waals surface area (Å²) in [5.74, 6) is 1.39. The zero-order valence-corrected chi connectivity index (χ0v) is 9.71. The first-order chi connectivity index (χ1) is 8.78. The molecule has 0 bridgehead atoms. The van der Waals surface area contributed by atoms with Crippen molar-refractivity contribution in [3.8, 4) is 23.0 Å². The van der Waals surface area contributed by atoms with Crippen LogP contribution in [-0.2, 0) is 0 Å². The van der Waals surface area contributed by atoms with Gasteiger partial charge in [0.25, 0.3) is 0 Å². The van der Waals surface area contributed by atoms with Crippen LogP contribution in [0.4, 0.5) is 0 Å². The Morgan fingerprint density at radius 2 is 2.17 bits per heavy atom. The quantitative estimate of drug-likeness (QED) is 0.722. The number of pyridine rings is 1. The second-order valence-corrected chi connectivity index (χ2v) is 3.85. The molecule has 5 heteroatoms. The Labute approximate surface area is 103 Å². The molecule has 0 unspecified atom stereocenters. The number of nitrogens with zero attached hydrogens (tertiary/aromatic N) is 2. The fourth-order valence-corrected chi connectivity index (χ4v) is 1.86. The van der Waals surface area contributed by atoms with Gasteiger partial charge in [0.05, 0.1) is 23.7 Å². The number of imidazole rings is 1. The molecular formula is C13H11N3O2. The Balaban J connectivity index is 2.19. The maximum Gasteiger partial charge on any atom is 0.224 e. The number of benzene rings is 1. The molecule has 0 atom stereocenters. The molecule has 18 heavy (non-hydrogen) atoms. The number of rotatable bonds is 2. The van der Waals surface area contributed by atoms with Crippen molar-refractivity contribution in [1.29, 1.82) is 0 Å². The number of hydrogen-bond acceptors (Lipinski definition) is 4. The van der Waals surface area contributed by atoms with Crippen LogP contribution in [0.15, 0.2) is 36.5 Å². The minimum Gasteiger partial charge on any atom is -0.508 e. The van der Waals surface area contributed by atoms with E-state index in [1.54, 1.807) is 31.5 Å². The predicted molar refractivity (Wildman–Crippen MR) is 67.5 cm³/mol. The van der Waals surface area contributed by atoms with Gasteiger partial charge in [-0.15, -0.1) is 0 Å². The molecule has 0 aliphatic carbocycles. The number of ether oxygens (including phenoxy) is 1. The number of phenols is 1. The van der Waals surface area contributed by atoms with Gasteiger partial charge in [-0.05, 0) is 24.3 Å². The normalized spacial score (nSPS) is 10.7. The summed E-state index contributed by atoms with van der Waals surface area (Å²) >= 11 is 0. The van der Waals surface area contributed by atoms with Crippen LogP contribution in [0.25, 0.3) is 22.4 Å². The highest BCUT2D eigenvalue weighted by Gasteiger charge is 2.11. The lowest BCUT2D eigenvalue weighted by molar-refractivity contribution is 0.399. The molecule has 3 rings (SSSR count). The lowest BCUT2D eigenvalue weighted by atomic mass is 10.2. The third-order valence-electron chi connectivity index (χ3n) is 2.69. The molecule has 0 amide bonds. The second kappa shape index (κ2) is 4.03. The SMILES string of the molecule is COc1ncccc1-c1nc2ccc(O)cc2[nH]1. The van der Waals surface area contributed by atoms with Crippen molar-refractivity contribution in [2.45, 2.75) is 0 Å². The van der Waals surface area contributed by atoms with Crippen molar-refractivity contribution in [3.05, 3.63) is 36.5 Å². The fraction of sp³-hybridized carbons (Fsp3) is 0.0769. The minimum absolute atomic E-state index is 0.204. The molecule has 0 aliphatic rings. The smallest absolute Gasteiger partial charge is 0.224 e. The zero-order valence-electron chi connectivity index (χ0n) is 9.71. The number of fused-ring (bicyclic) bond motifs is 1. The maximum absolute atomic E-state index is 9.43. The van der Waals surface area contributed by atoms with Gasteiger partial charge in [0, 0.05) is 12.3 Å². The van der Waals surface area contributed by atoms with Gasteiger partial charge in [0.2, 0.25) is 5.88 Å². The fourth-order valence-electron chi connectivity index (χ4n) is 1.86. The Bertz CT molecular complexity index is 706. The van der Waals surface area contributed by atoms with Crippen molar-refractivity contribution in [2.24, 2.45) is 0 Å². The largest absolute Gasteiger partial charge is 0.508 e. The van der Waals surface area contributed by atoms with Crippen LogP contribution in [0.5, 0.6) is 11.6 Å². The highest BCUT2D eigenvalue weighted by Crippen LogP contribution is 2.28. The molecule has 90 valence electrons. The van der Waals surface area contributed by atoms with Gasteiger partial charge >= 0.3 is 0 Å². The number of aromatic amines is 1. The number of H-pyrrole nitrogens is 1. The topological polar surface area (TPSA) is 71.0 Å². The van der Waals surface area contributed by atoms with Crippen LogP contribution < -0.4 is 4.74 Å². The van der Waals surface area contributed by atoms with Gasteiger partial charge < -0.3 is 14.8 Å². The Morgan fingerprint density at radius 3 is 3.00 bits per heavy atom. The van der Waals surface area contributed by atoms with Crippen LogP contribution >= 0.6 is 0 Å². The summed E-state index contributed by atoms with van der Waals surface area (Å²) in [6.07, 6.45) is 1.66. The van der Waals surface area contributed by atoms with Crippen LogP contribution in [0.2, 0.25) is 0 Å². The number of aromatic hydroxyl groups is 1. The third kappa shape index (κ3) is 1.66. The molecular weight excluding hydrogens is 230 g/mol. The molecule has 2 heterocycles. The molecule has 0 fully saturated rings. The molecule has 0 radical (unpaired) electrons. The molecule has 3 aromatic rings. The van der Waals surface area contributed by atoms with E-state index in [0.717, 1.165) is 16.6 Å². The summed E-state index contributed by atoms with van der Waals surface area (Å²) in [5, 5.41) is 9.43. The Morgan fingerprint density at radius 1 is 1.28 bits per heavy atom. The zero-order chi connectivity index (χ0) is 12.5. The Hall–Kier alpha value is -2.56. The Kier molecular flexibility index (Phi) is 2.37. The summed E-state index contributed by atoms with van der Waals surface area (Å²) in [6, 6.07) is 8.70. The van der Waals surface area contributed by atoms with E-state index in [4.69, 9.17) is 4.74 Å². The number of methoxy groups -OCH3 is 1. The highest BCUT2D eigenvalue weighted by molar-refractivity contribution is 5.81. The van der Waals surface area contributed by atoms with Crippen LogP contribution in [-0.4, -0.2) is 27.2 Å². The average Bonchev–Trinajstić information content (AvgIpc) is 2.81. The average molecular weight is 241 g/mol. The van der Waals surface area contributed by atoms with Crippen LogP contribution in [0.1, 0.15) is 0 Å². The maximum atomic E-state index is 9.43. The predicted octanol–water partition coefficient (Wildman–Crippen LogP) is 2.34. The van der Waals surface area contributed by atoms with Gasteiger partial charge in [0.1, 0.15) is 11.6 Å². The standard InChI is InChI=1S/C13H11N3O2/c1-18-13-9(3-2-6-14-13)12-15-10-5-4-8(17)7-11(10)16-12/h2-7,17H,1H3,(H,15,16). The summed E-state index contributed by atoms with van der Waals surface area (Å²) < 4.78 is 5.20. The number of phenolic OH excluding ortho intramolecular Hbond substituents is 1. The van der Waals surface area contributed by atoms with Gasteiger partial charge in [-0.25, -0.2) is 9.97 Å². The second-order valence-electron chi connectivity index (χ2n) is 3.85. The van der Waals surface area contributed by atoms with Crippen molar-refractivity contribution in [3.63, 3.8) is 0 Å². The molecule has 5 nitrogen and oxygen atoms in total. The first kappa shape index (κ1) is 10.6. The monoisotopic (exact) mass is 241 g/mol. The van der Waals surface area contributed by atoms with E-state index in [-0.39, 0.29) is 5.75 Å². The van der Waals surface area contributed by atoms with E-state index in [2.05, 4.69) is 15.0 Å². The first-order valence-corrected chi connectivity index (χ1v) is 5.46. The van der Waals surface area contributed by atoms with E-state index >= 15 is 0 Å². The lowest BCUT2D eigenvalue weighted by Crippen LogP contribution is -1.91. The summed E-state index contributed by atoms with van der Waals surface area (Å²) in [7, 11) is 1.57. The van der Waals surface area contributed by atoms with E-state index in [0.29, 0.717) is 11.7 Å². The number of nitrogens with one attached hydrogen (secondary N) is 1. The van der Waals surface area contributed by atoms with E-state index < -0.39 is 0 Å². The molecule has 0 saturated carbocycles. The van der Waals surface area contributed by atoms with Crippen LogP contribution in [0.3, 0.4) is 0 Å². The van der Waals surface area contributed by atoms with Crippen molar-refractivity contribution in [1.82, 2.24) is 15.0 Å². The summed E-state index contributed by atoms with van der Waals surface area (Å²) in [6.45, 7) is 0. The van der Waals surface area contributed by atoms with Gasteiger partial charge in [-0.2, -0.15) is 0 Å².